The second kappa shape index (κ2) is 17.1. The fraction of sp³-hybridized carbons (Fsp3) is 0.444. The maximum Gasteiger partial charge on any atom is 0.249 e. The predicted octanol–water partition coefficient (Wildman–Crippen LogP) is 6.41. The molecule has 15 heteroatoms. The molecule has 1 unspecified atom stereocenters. The summed E-state index contributed by atoms with van der Waals surface area (Å²) < 4.78 is 0. The van der Waals surface area contributed by atoms with Gasteiger partial charge in [0.15, 0.2) is 0 Å². The molecule has 0 radical (unpaired) electrons. The molecule has 312 valence electrons. The van der Waals surface area contributed by atoms with E-state index in [0.717, 1.165) is 73.8 Å². The summed E-state index contributed by atoms with van der Waals surface area (Å²) in [6.45, 7) is 5.63. The van der Waals surface area contributed by atoms with Crippen LogP contribution >= 0.6 is 11.6 Å². The third-order valence-corrected chi connectivity index (χ3v) is 13.4. The molecule has 5 fully saturated rings. The van der Waals surface area contributed by atoms with Crippen molar-refractivity contribution in [3.8, 4) is 11.3 Å². The molecule has 3 N–H and O–H groups in total. The van der Waals surface area contributed by atoms with Crippen molar-refractivity contribution in [1.29, 1.82) is 0 Å². The molecule has 5 aliphatic heterocycles. The quantitative estimate of drug-likeness (QED) is 0.152. The zero-order chi connectivity index (χ0) is 41.2. The summed E-state index contributed by atoms with van der Waals surface area (Å²) in [6, 6.07) is 17.9. The van der Waals surface area contributed by atoms with Crippen molar-refractivity contribution in [2.24, 2.45) is 11.3 Å². The lowest BCUT2D eigenvalue weighted by Crippen LogP contribution is -2.47. The molecule has 9 rings (SSSR count). The van der Waals surface area contributed by atoms with Gasteiger partial charge in [-0.3, -0.25) is 29.5 Å². The maximum absolute atomic E-state index is 14.1. The molecule has 0 aliphatic carbocycles. The molecule has 0 saturated carbocycles. The predicted molar refractivity (Wildman–Crippen MR) is 232 cm³/mol. The second-order valence-corrected chi connectivity index (χ2v) is 17.3. The molecular weight excluding hydrogens is 780 g/mol. The normalized spacial score (nSPS) is 20.8. The lowest BCUT2D eigenvalue weighted by Gasteiger charge is -2.39. The Bertz CT molecular complexity index is 2250. The first-order valence-electron chi connectivity index (χ1n) is 21.3. The second-order valence-electron chi connectivity index (χ2n) is 16.9. The van der Waals surface area contributed by atoms with Gasteiger partial charge in [-0.1, -0.05) is 23.7 Å². The van der Waals surface area contributed by atoms with Gasteiger partial charge in [0.05, 0.1) is 46.1 Å². The van der Waals surface area contributed by atoms with Crippen LogP contribution in [-0.2, 0) is 19.2 Å². The summed E-state index contributed by atoms with van der Waals surface area (Å²) in [5.74, 6) is 0.491. The molecule has 2 aromatic carbocycles. The van der Waals surface area contributed by atoms with E-state index in [0.29, 0.717) is 80.0 Å². The van der Waals surface area contributed by atoms with Crippen molar-refractivity contribution >= 4 is 69.6 Å². The minimum absolute atomic E-state index is 0.101. The summed E-state index contributed by atoms with van der Waals surface area (Å²) in [7, 11) is 0. The van der Waals surface area contributed by atoms with Crippen LogP contribution in [0.2, 0.25) is 5.02 Å². The highest BCUT2D eigenvalue weighted by atomic mass is 35.5. The average Bonchev–Trinajstić information content (AvgIpc) is 3.92. The molecule has 14 nitrogen and oxygen atoms in total. The smallest absolute Gasteiger partial charge is 0.249 e. The number of amides is 4. The maximum atomic E-state index is 14.1. The SMILES string of the molecule is O=C1CCC(Nc2ccc(N3CCC(CC(=O)N4CCC5(CC4)CCN(c4cncc(Nc6ncc(Cl)c(-c7cccc(N8CCCC8)c7)n6)c4)C5=O)CC3)cc2)C(=O)N1. The molecule has 4 aromatic rings. The average molecular weight is 831 g/mol. The number of imide groups is 1. The van der Waals surface area contributed by atoms with E-state index in [-0.39, 0.29) is 23.6 Å². The number of halogens is 1. The number of rotatable bonds is 10. The van der Waals surface area contributed by atoms with Gasteiger partial charge < -0.3 is 30.2 Å². The van der Waals surface area contributed by atoms with Crippen molar-refractivity contribution in [2.45, 2.75) is 70.3 Å². The summed E-state index contributed by atoms with van der Waals surface area (Å²) in [5, 5.41) is 9.37. The van der Waals surface area contributed by atoms with Crippen LogP contribution in [0.1, 0.15) is 64.2 Å². The van der Waals surface area contributed by atoms with Gasteiger partial charge in [-0.05, 0) is 99.7 Å². The zero-order valence-electron chi connectivity index (χ0n) is 33.7. The molecule has 5 aliphatic rings. The molecule has 60 heavy (non-hydrogen) atoms. The monoisotopic (exact) mass is 830 g/mol. The van der Waals surface area contributed by atoms with Gasteiger partial charge in [0.2, 0.25) is 29.6 Å². The highest BCUT2D eigenvalue weighted by Crippen LogP contribution is 2.44. The number of carbonyl (C=O) groups is 4. The highest BCUT2D eigenvalue weighted by Gasteiger charge is 2.49. The number of hydrogen-bond acceptors (Lipinski definition) is 11. The number of aromatic nitrogens is 3. The van der Waals surface area contributed by atoms with E-state index in [1.54, 1.807) is 18.6 Å². The molecule has 7 heterocycles. The molecule has 2 aromatic heterocycles. The molecule has 5 saturated heterocycles. The minimum atomic E-state index is -0.476. The first kappa shape index (κ1) is 39.7. The Kier molecular flexibility index (Phi) is 11.3. The van der Waals surface area contributed by atoms with Gasteiger partial charge >= 0.3 is 0 Å². The lowest BCUT2D eigenvalue weighted by atomic mass is 9.77. The van der Waals surface area contributed by atoms with Crippen LogP contribution in [0.5, 0.6) is 0 Å². The number of piperidine rings is 3. The van der Waals surface area contributed by atoms with Crippen LogP contribution in [0, 0.1) is 11.3 Å². The van der Waals surface area contributed by atoms with E-state index < -0.39 is 11.5 Å². The third kappa shape index (κ3) is 8.47. The minimum Gasteiger partial charge on any atom is -0.374 e. The number of anilines is 6. The van der Waals surface area contributed by atoms with Crippen LogP contribution in [0.25, 0.3) is 11.3 Å². The van der Waals surface area contributed by atoms with E-state index in [9.17, 15) is 19.2 Å². The number of nitrogens with one attached hydrogen (secondary N) is 3. The van der Waals surface area contributed by atoms with E-state index in [2.05, 4.69) is 60.0 Å². The largest absolute Gasteiger partial charge is 0.374 e. The van der Waals surface area contributed by atoms with Gasteiger partial charge in [-0.25, -0.2) is 9.97 Å². The van der Waals surface area contributed by atoms with Crippen LogP contribution in [0.4, 0.5) is 34.4 Å². The summed E-state index contributed by atoms with van der Waals surface area (Å²) in [5.41, 5.74) is 5.61. The molecule has 1 atom stereocenters. The van der Waals surface area contributed by atoms with Crippen molar-refractivity contribution in [2.75, 3.05) is 71.1 Å². The van der Waals surface area contributed by atoms with E-state index in [4.69, 9.17) is 16.6 Å². The number of carbonyl (C=O) groups excluding carboxylic acids is 4. The first-order valence-corrected chi connectivity index (χ1v) is 21.7. The molecule has 1 spiro atoms. The van der Waals surface area contributed by atoms with Gasteiger partial charge in [0.25, 0.3) is 0 Å². The van der Waals surface area contributed by atoms with Crippen LogP contribution in [0.3, 0.4) is 0 Å². The van der Waals surface area contributed by atoms with Crippen LogP contribution in [0.15, 0.2) is 73.2 Å². The number of nitrogens with zero attached hydrogens (tertiary/aromatic N) is 7. The first-order chi connectivity index (χ1) is 29.2. The summed E-state index contributed by atoms with van der Waals surface area (Å²) in [4.78, 5) is 73.4. The summed E-state index contributed by atoms with van der Waals surface area (Å²) in [6.07, 6.45) is 12.7. The fourth-order valence-corrected chi connectivity index (χ4v) is 9.72. The Labute approximate surface area is 355 Å². The van der Waals surface area contributed by atoms with Gasteiger partial charge in [-0.2, -0.15) is 0 Å². The Hall–Kier alpha value is -5.76. The summed E-state index contributed by atoms with van der Waals surface area (Å²) >= 11 is 6.61. The number of pyridine rings is 1. The van der Waals surface area contributed by atoms with Crippen LogP contribution < -0.4 is 30.7 Å². The van der Waals surface area contributed by atoms with E-state index in [1.807, 2.05) is 40.1 Å². The van der Waals surface area contributed by atoms with Crippen molar-refractivity contribution < 1.29 is 19.2 Å². The topological polar surface area (TPSA) is 156 Å². The van der Waals surface area contributed by atoms with Gasteiger partial charge in [0.1, 0.15) is 6.04 Å². The Morgan fingerprint density at radius 3 is 2.32 bits per heavy atom. The molecule has 0 bridgehead atoms. The van der Waals surface area contributed by atoms with Crippen molar-refractivity contribution in [3.05, 3.63) is 78.2 Å². The van der Waals surface area contributed by atoms with Gasteiger partial charge in [-0.15, -0.1) is 0 Å². The highest BCUT2D eigenvalue weighted by molar-refractivity contribution is 6.33. The van der Waals surface area contributed by atoms with E-state index >= 15 is 0 Å². The standard InChI is InChI=1S/C45H51ClN10O4/c46-37-29-48-44(52-41(37)31-4-3-5-35(25-31)53-17-1-2-18-53)50-33-26-36(28-47-27-33)56-23-16-45(43(56)60)14-21-55(22-15-45)40(58)24-30-12-19-54(20-13-30)34-8-6-32(7-9-34)49-38-10-11-39(57)51-42(38)59/h3-9,25-30,38,49H,1-2,10-24H2,(H,48,50,52)(H,51,57,59). The Morgan fingerprint density at radius 2 is 1.55 bits per heavy atom. The molecular formula is C45H51ClN10O4. The number of benzene rings is 2. The lowest BCUT2D eigenvalue weighted by molar-refractivity contribution is -0.138. The third-order valence-electron chi connectivity index (χ3n) is 13.1. The van der Waals surface area contributed by atoms with Gasteiger partial charge in [0, 0.05) is 81.3 Å². The Balaban J connectivity index is 0.752. The number of hydrogen-bond donors (Lipinski definition) is 3. The van der Waals surface area contributed by atoms with E-state index in [1.165, 1.54) is 12.8 Å². The fourth-order valence-electron chi connectivity index (χ4n) is 9.52. The van der Waals surface area contributed by atoms with Crippen molar-refractivity contribution in [3.63, 3.8) is 0 Å². The zero-order valence-corrected chi connectivity index (χ0v) is 34.5. The van der Waals surface area contributed by atoms with Crippen LogP contribution in [-0.4, -0.2) is 95.3 Å². The van der Waals surface area contributed by atoms with Crippen molar-refractivity contribution in [1.82, 2.24) is 25.2 Å². The number of likely N-dealkylation sites (tertiary alicyclic amines) is 1. The Morgan fingerprint density at radius 1 is 0.800 bits per heavy atom. The molecule has 4 amide bonds.